The number of anilines is 2. The van der Waals surface area contributed by atoms with Crippen molar-refractivity contribution < 1.29 is 0 Å². The molecular weight excluding hydrogens is 244 g/mol. The molecule has 4 N–H and O–H groups in total. The number of hydrazine groups is 1. The Labute approximate surface area is 111 Å². The molecule has 0 atom stereocenters. The maximum atomic E-state index is 5.38. The second kappa shape index (κ2) is 6.10. The monoisotopic (exact) mass is 262 g/mol. The Kier molecular flexibility index (Phi) is 4.24. The first-order valence-electron chi connectivity index (χ1n) is 6.24. The zero-order valence-electron chi connectivity index (χ0n) is 11.0. The van der Waals surface area contributed by atoms with Crippen LogP contribution >= 0.6 is 0 Å². The fraction of sp³-hybridized carbons (Fsp3) is 0.455. The molecule has 0 amide bonds. The quantitative estimate of drug-likeness (QED) is 0.525. The summed E-state index contributed by atoms with van der Waals surface area (Å²) in [6.45, 7) is 4.22. The van der Waals surface area contributed by atoms with E-state index in [1.165, 1.54) is 0 Å². The number of nitrogen functional groups attached to an aromatic ring is 1. The molecule has 0 aliphatic heterocycles. The van der Waals surface area contributed by atoms with Gasteiger partial charge in [-0.25, -0.2) is 10.8 Å². The highest BCUT2D eigenvalue weighted by Gasteiger charge is 2.10. The second-order valence-electron chi connectivity index (χ2n) is 4.05. The summed E-state index contributed by atoms with van der Waals surface area (Å²) in [5, 5.41) is 3.26. The van der Waals surface area contributed by atoms with E-state index in [1.54, 1.807) is 23.3 Å². The van der Waals surface area contributed by atoms with Crippen molar-refractivity contribution in [2.75, 3.05) is 10.7 Å². The van der Waals surface area contributed by atoms with Crippen molar-refractivity contribution in [1.29, 1.82) is 0 Å². The zero-order valence-corrected chi connectivity index (χ0v) is 11.0. The third-order valence-electron chi connectivity index (χ3n) is 2.81. The van der Waals surface area contributed by atoms with Crippen molar-refractivity contribution in [2.24, 2.45) is 5.84 Å². The molecule has 0 saturated heterocycles. The number of hydrogen-bond donors (Lipinski definition) is 3. The van der Waals surface area contributed by atoms with Crippen molar-refractivity contribution in [3.05, 3.63) is 18.7 Å². The molecule has 0 radical (unpaired) electrons. The van der Waals surface area contributed by atoms with E-state index in [-0.39, 0.29) is 0 Å². The highest BCUT2D eigenvalue weighted by Crippen LogP contribution is 2.11. The van der Waals surface area contributed by atoms with Gasteiger partial charge in [-0.2, -0.15) is 15.0 Å². The van der Waals surface area contributed by atoms with E-state index in [2.05, 4.69) is 44.5 Å². The number of nitrogens with zero attached hydrogens (tertiary/aromatic N) is 5. The van der Waals surface area contributed by atoms with Crippen LogP contribution in [0.5, 0.6) is 0 Å². The normalized spacial score (nSPS) is 10.7. The van der Waals surface area contributed by atoms with Crippen LogP contribution in [-0.2, 0) is 0 Å². The molecular formula is C11H18N8. The summed E-state index contributed by atoms with van der Waals surface area (Å²) in [6.07, 6.45) is 7.03. The molecule has 0 spiro atoms. The van der Waals surface area contributed by atoms with Crippen LogP contribution < -0.4 is 16.6 Å². The lowest BCUT2D eigenvalue weighted by Gasteiger charge is -2.15. The minimum Gasteiger partial charge on any atom is -0.351 e. The van der Waals surface area contributed by atoms with Crippen molar-refractivity contribution in [1.82, 2.24) is 24.5 Å². The molecule has 2 rings (SSSR count). The molecule has 8 nitrogen and oxygen atoms in total. The zero-order chi connectivity index (χ0) is 13.7. The molecule has 19 heavy (non-hydrogen) atoms. The summed E-state index contributed by atoms with van der Waals surface area (Å²) in [4.78, 5) is 16.7. The van der Waals surface area contributed by atoms with Crippen molar-refractivity contribution in [3.63, 3.8) is 0 Å². The Bertz CT molecular complexity index is 505. The number of nitrogens with two attached hydrogens (primary N) is 1. The van der Waals surface area contributed by atoms with Gasteiger partial charge in [-0.05, 0) is 12.8 Å². The minimum absolute atomic E-state index is 0.312. The summed E-state index contributed by atoms with van der Waals surface area (Å²) in [6, 6.07) is 0.323. The second-order valence-corrected chi connectivity index (χ2v) is 4.05. The van der Waals surface area contributed by atoms with Gasteiger partial charge in [0.2, 0.25) is 17.8 Å². The van der Waals surface area contributed by atoms with Crippen molar-refractivity contribution >= 4 is 11.9 Å². The van der Waals surface area contributed by atoms with Crippen LogP contribution in [0.3, 0.4) is 0 Å². The van der Waals surface area contributed by atoms with Crippen LogP contribution in [-0.4, -0.2) is 30.5 Å². The van der Waals surface area contributed by atoms with E-state index in [0.717, 1.165) is 12.8 Å². The number of rotatable bonds is 6. The lowest BCUT2D eigenvalue weighted by atomic mass is 10.2. The van der Waals surface area contributed by atoms with Gasteiger partial charge in [0.25, 0.3) is 0 Å². The van der Waals surface area contributed by atoms with Gasteiger partial charge >= 0.3 is 0 Å². The molecule has 0 saturated carbocycles. The van der Waals surface area contributed by atoms with Crippen LogP contribution in [0.2, 0.25) is 0 Å². The lowest BCUT2D eigenvalue weighted by Crippen LogP contribution is -2.21. The Balaban J connectivity index is 2.31. The Morgan fingerprint density at radius 3 is 2.53 bits per heavy atom. The smallest absolute Gasteiger partial charge is 0.243 e. The maximum absolute atomic E-state index is 5.38. The van der Waals surface area contributed by atoms with Gasteiger partial charge in [0, 0.05) is 18.4 Å². The molecule has 0 aliphatic rings. The molecule has 0 bridgehead atoms. The van der Waals surface area contributed by atoms with E-state index < -0.39 is 0 Å². The molecule has 8 heteroatoms. The standard InChI is InChI=1S/C11H18N8/c1-3-8(4-2)14-9-15-10(18-12)17-11(16-9)19-6-5-13-7-19/h5-8H,3-4,12H2,1-2H3,(H2,14,15,16,17,18). The molecule has 0 aromatic carbocycles. The predicted octanol–water partition coefficient (Wildman–Crippen LogP) is 0.943. The Hall–Kier alpha value is -2.22. The summed E-state index contributed by atoms with van der Waals surface area (Å²) in [7, 11) is 0. The average molecular weight is 262 g/mol. The summed E-state index contributed by atoms with van der Waals surface area (Å²) < 4.78 is 1.70. The van der Waals surface area contributed by atoms with Crippen molar-refractivity contribution in [2.45, 2.75) is 32.7 Å². The van der Waals surface area contributed by atoms with E-state index >= 15 is 0 Å². The summed E-state index contributed by atoms with van der Waals surface area (Å²) >= 11 is 0. The fourth-order valence-electron chi connectivity index (χ4n) is 1.66. The third-order valence-corrected chi connectivity index (χ3v) is 2.81. The van der Waals surface area contributed by atoms with Gasteiger partial charge < -0.3 is 5.32 Å². The largest absolute Gasteiger partial charge is 0.351 e. The number of hydrogen-bond acceptors (Lipinski definition) is 7. The van der Waals surface area contributed by atoms with Crippen LogP contribution in [0.25, 0.3) is 5.95 Å². The Morgan fingerprint density at radius 1 is 1.21 bits per heavy atom. The first-order chi connectivity index (χ1) is 9.26. The van der Waals surface area contributed by atoms with Gasteiger partial charge in [-0.15, -0.1) is 0 Å². The van der Waals surface area contributed by atoms with E-state index in [1.807, 2.05) is 0 Å². The molecule has 2 heterocycles. The minimum atomic E-state index is 0.312. The Morgan fingerprint density at radius 2 is 1.95 bits per heavy atom. The molecule has 0 aliphatic carbocycles. The number of nitrogens with one attached hydrogen (secondary N) is 2. The topological polar surface area (TPSA) is 107 Å². The maximum Gasteiger partial charge on any atom is 0.243 e. The summed E-state index contributed by atoms with van der Waals surface area (Å²) in [5.41, 5.74) is 2.44. The van der Waals surface area contributed by atoms with E-state index in [4.69, 9.17) is 5.84 Å². The van der Waals surface area contributed by atoms with E-state index in [9.17, 15) is 0 Å². The third kappa shape index (κ3) is 3.16. The van der Waals surface area contributed by atoms with Gasteiger partial charge in [0.05, 0.1) is 0 Å². The average Bonchev–Trinajstić information content (AvgIpc) is 2.98. The van der Waals surface area contributed by atoms with Crippen molar-refractivity contribution in [3.8, 4) is 5.95 Å². The summed E-state index contributed by atoms with van der Waals surface area (Å²) in [5.74, 6) is 6.66. The molecule has 2 aromatic heterocycles. The van der Waals surface area contributed by atoms with Gasteiger partial charge in [0.15, 0.2) is 0 Å². The van der Waals surface area contributed by atoms with E-state index in [0.29, 0.717) is 23.9 Å². The van der Waals surface area contributed by atoms with Crippen LogP contribution in [0.1, 0.15) is 26.7 Å². The number of aromatic nitrogens is 5. The molecule has 0 unspecified atom stereocenters. The van der Waals surface area contributed by atoms with Gasteiger partial charge in [0.1, 0.15) is 6.33 Å². The highest BCUT2D eigenvalue weighted by atomic mass is 15.4. The fourth-order valence-corrected chi connectivity index (χ4v) is 1.66. The van der Waals surface area contributed by atoms with Crippen LogP contribution in [0.4, 0.5) is 11.9 Å². The number of imidazole rings is 1. The molecule has 102 valence electrons. The SMILES string of the molecule is CCC(CC)Nc1nc(NN)nc(-n2ccnc2)n1. The predicted molar refractivity (Wildman–Crippen MR) is 72.8 cm³/mol. The van der Waals surface area contributed by atoms with Crippen LogP contribution in [0, 0.1) is 0 Å². The molecule has 0 fully saturated rings. The first-order valence-corrected chi connectivity index (χ1v) is 6.24. The first kappa shape index (κ1) is 13.2. The van der Waals surface area contributed by atoms with Crippen LogP contribution in [0.15, 0.2) is 18.7 Å². The van der Waals surface area contributed by atoms with Gasteiger partial charge in [-0.1, -0.05) is 13.8 Å². The van der Waals surface area contributed by atoms with Gasteiger partial charge in [-0.3, -0.25) is 9.99 Å². The molecule has 2 aromatic rings. The highest BCUT2D eigenvalue weighted by molar-refractivity contribution is 5.37. The lowest BCUT2D eigenvalue weighted by molar-refractivity contribution is 0.662.